The second-order valence-electron chi connectivity index (χ2n) is 6.00. The van der Waals surface area contributed by atoms with E-state index >= 15 is 0 Å². The van der Waals surface area contributed by atoms with Crippen molar-refractivity contribution in [3.63, 3.8) is 0 Å². The number of benzene rings is 1. The number of nitrogens with zero attached hydrogens (tertiary/aromatic N) is 4. The van der Waals surface area contributed by atoms with Crippen LogP contribution in [0.2, 0.25) is 0 Å². The normalized spacial score (nSPS) is 20.2. The Kier molecular flexibility index (Phi) is 4.52. The fraction of sp³-hybridized carbons (Fsp3) is 0.412. The molecule has 1 atom stereocenters. The minimum Gasteiger partial charge on any atom is -0.428 e. The van der Waals surface area contributed by atoms with Crippen LogP contribution in [0.5, 0.6) is 0 Å². The lowest BCUT2D eigenvalue weighted by Gasteiger charge is -2.30. The minimum absolute atomic E-state index is 0.300. The van der Waals surface area contributed by atoms with Crippen LogP contribution < -0.4 is 0 Å². The zero-order chi connectivity index (χ0) is 18.1. The largest absolute Gasteiger partial charge is 0.496 e. The predicted molar refractivity (Wildman–Crippen MR) is 88.8 cm³/mol. The maximum atomic E-state index is 13.1. The number of rotatable bonds is 4. The maximum Gasteiger partial charge on any atom is 0.496 e. The van der Waals surface area contributed by atoms with Gasteiger partial charge in [0.25, 0.3) is 17.8 Å². The summed E-state index contributed by atoms with van der Waals surface area (Å²) in [6.45, 7) is 2.73. The lowest BCUT2D eigenvalue weighted by atomic mass is 10.1. The van der Waals surface area contributed by atoms with Crippen molar-refractivity contribution in [3.8, 4) is 0 Å². The van der Waals surface area contributed by atoms with E-state index in [9.17, 15) is 14.0 Å². The first kappa shape index (κ1) is 17.1. The number of carbonyl (C=O) groups excluding carboxylic acids is 2. The molecule has 1 unspecified atom stereocenters. The van der Waals surface area contributed by atoms with E-state index in [0.29, 0.717) is 25.0 Å². The van der Waals surface area contributed by atoms with Crippen LogP contribution in [0.4, 0.5) is 9.18 Å². The Bertz CT molecular complexity index is 773. The molecule has 3 rings (SSSR count). The van der Waals surface area contributed by atoms with Gasteiger partial charge in [-0.1, -0.05) is 19.1 Å². The van der Waals surface area contributed by atoms with E-state index in [1.807, 2.05) is 6.92 Å². The highest BCUT2D eigenvalue weighted by atomic mass is 19.1. The number of aliphatic imine (C=N–C) groups is 1. The van der Waals surface area contributed by atoms with Gasteiger partial charge in [-0.25, -0.2) is 9.18 Å². The standard InChI is InChI=1S/C17H20FN4O3/c1-4-9-25-16-19-14-13(15(23)21(3)17(24)20(14)2)22(16)10-11-5-7-12(18)8-6-11/h5-8,13H,4,9-10H2,1-3H3/q+1. The first-order valence-corrected chi connectivity index (χ1v) is 8.08. The van der Waals surface area contributed by atoms with E-state index in [1.165, 1.54) is 24.1 Å². The Hall–Kier alpha value is -2.77. The monoisotopic (exact) mass is 347 g/mol. The van der Waals surface area contributed by atoms with E-state index in [0.717, 1.165) is 16.9 Å². The fourth-order valence-corrected chi connectivity index (χ4v) is 2.83. The van der Waals surface area contributed by atoms with Crippen LogP contribution in [0.3, 0.4) is 0 Å². The molecule has 0 aliphatic carbocycles. The van der Waals surface area contributed by atoms with Crippen LogP contribution in [0, 0.1) is 5.82 Å². The minimum atomic E-state index is -0.732. The zero-order valence-corrected chi connectivity index (χ0v) is 14.4. The van der Waals surface area contributed by atoms with Crippen LogP contribution in [-0.2, 0) is 16.1 Å². The number of carbonyl (C=O) groups is 2. The maximum absolute atomic E-state index is 13.1. The van der Waals surface area contributed by atoms with E-state index in [4.69, 9.17) is 4.74 Å². The van der Waals surface area contributed by atoms with Crippen molar-refractivity contribution in [1.82, 2.24) is 9.80 Å². The number of likely N-dealkylation sites (N-methyl/N-ethyl adjacent to an activating group) is 2. The molecule has 2 aliphatic rings. The van der Waals surface area contributed by atoms with Crippen molar-refractivity contribution in [2.24, 2.45) is 4.99 Å². The molecule has 132 valence electrons. The van der Waals surface area contributed by atoms with Crippen LogP contribution in [-0.4, -0.2) is 64.9 Å². The first-order chi connectivity index (χ1) is 11.9. The summed E-state index contributed by atoms with van der Waals surface area (Å²) >= 11 is 0. The lowest BCUT2D eigenvalue weighted by Crippen LogP contribution is -2.61. The summed E-state index contributed by atoms with van der Waals surface area (Å²) in [7, 11) is 3.02. The van der Waals surface area contributed by atoms with E-state index < -0.39 is 12.1 Å². The van der Waals surface area contributed by atoms with Crippen LogP contribution in [0.15, 0.2) is 29.3 Å². The highest BCUT2D eigenvalue weighted by molar-refractivity contribution is 6.22. The smallest absolute Gasteiger partial charge is 0.428 e. The molecule has 0 spiro atoms. The Morgan fingerprint density at radius 2 is 1.88 bits per heavy atom. The molecule has 0 N–H and O–H groups in total. The van der Waals surface area contributed by atoms with Crippen molar-refractivity contribution < 1.29 is 23.3 Å². The van der Waals surface area contributed by atoms with Crippen molar-refractivity contribution in [3.05, 3.63) is 35.6 Å². The van der Waals surface area contributed by atoms with Gasteiger partial charge in [-0.15, -0.1) is 0 Å². The fourth-order valence-electron chi connectivity index (χ4n) is 2.83. The number of imide groups is 1. The molecular formula is C17H20FN4O3+. The molecule has 8 heteroatoms. The Labute approximate surface area is 145 Å². The average Bonchev–Trinajstić information content (AvgIpc) is 2.96. The van der Waals surface area contributed by atoms with Gasteiger partial charge in [0.2, 0.25) is 0 Å². The Morgan fingerprint density at radius 3 is 2.52 bits per heavy atom. The van der Waals surface area contributed by atoms with Gasteiger partial charge in [-0.2, -0.15) is 4.58 Å². The molecule has 2 heterocycles. The van der Waals surface area contributed by atoms with Gasteiger partial charge >= 0.3 is 12.1 Å². The van der Waals surface area contributed by atoms with Gasteiger partial charge in [0.15, 0.2) is 0 Å². The third-order valence-electron chi connectivity index (χ3n) is 4.20. The first-order valence-electron chi connectivity index (χ1n) is 8.08. The molecule has 1 fully saturated rings. The molecule has 7 nitrogen and oxygen atoms in total. The summed E-state index contributed by atoms with van der Waals surface area (Å²) in [5.41, 5.74) is 0.811. The van der Waals surface area contributed by atoms with Gasteiger partial charge in [0.1, 0.15) is 12.4 Å². The molecule has 2 aliphatic heterocycles. The SMILES string of the molecule is CCCOC1=[N+](Cc2ccc(F)cc2)C2C(=O)N(C)C(=O)N(C)C2=N1. The van der Waals surface area contributed by atoms with Crippen molar-refractivity contribution in [2.45, 2.75) is 25.9 Å². The molecule has 25 heavy (non-hydrogen) atoms. The molecule has 0 radical (unpaired) electrons. The van der Waals surface area contributed by atoms with Crippen molar-refractivity contribution in [1.29, 1.82) is 0 Å². The number of halogens is 1. The van der Waals surface area contributed by atoms with E-state index in [1.54, 1.807) is 23.8 Å². The van der Waals surface area contributed by atoms with Gasteiger partial charge in [0, 0.05) is 19.1 Å². The zero-order valence-electron chi connectivity index (χ0n) is 14.4. The summed E-state index contributed by atoms with van der Waals surface area (Å²) in [6.07, 6.45) is 0.784. The number of hydrogen-bond donors (Lipinski definition) is 0. The number of hydrogen-bond acceptors (Lipinski definition) is 4. The Balaban J connectivity index is 1.98. The van der Waals surface area contributed by atoms with Crippen molar-refractivity contribution in [2.75, 3.05) is 20.7 Å². The second kappa shape index (κ2) is 6.62. The lowest BCUT2D eigenvalue weighted by molar-refractivity contribution is -0.558. The van der Waals surface area contributed by atoms with Crippen molar-refractivity contribution >= 4 is 23.8 Å². The summed E-state index contributed by atoms with van der Waals surface area (Å²) in [6, 6.07) is 5.17. The number of fused-ring (bicyclic) bond motifs is 1. The number of ether oxygens (including phenoxy) is 1. The van der Waals surface area contributed by atoms with Gasteiger partial charge in [-0.05, 0) is 24.1 Å². The molecule has 0 aromatic heterocycles. The third kappa shape index (κ3) is 2.99. The second-order valence-corrected chi connectivity index (χ2v) is 6.00. The van der Waals surface area contributed by atoms with Gasteiger partial charge in [-0.3, -0.25) is 14.6 Å². The van der Waals surface area contributed by atoms with Crippen LogP contribution in [0.25, 0.3) is 0 Å². The van der Waals surface area contributed by atoms with E-state index in [2.05, 4.69) is 4.99 Å². The van der Waals surface area contributed by atoms with Crippen LogP contribution in [0.1, 0.15) is 18.9 Å². The molecule has 1 aromatic carbocycles. The van der Waals surface area contributed by atoms with Crippen LogP contribution >= 0.6 is 0 Å². The summed E-state index contributed by atoms with van der Waals surface area (Å²) < 4.78 is 20.5. The quantitative estimate of drug-likeness (QED) is 0.774. The third-order valence-corrected chi connectivity index (χ3v) is 4.20. The number of amides is 3. The number of amidine groups is 2. The number of urea groups is 1. The van der Waals surface area contributed by atoms with E-state index in [-0.39, 0.29) is 11.7 Å². The topological polar surface area (TPSA) is 65.2 Å². The highest BCUT2D eigenvalue weighted by Gasteiger charge is 2.53. The average molecular weight is 347 g/mol. The van der Waals surface area contributed by atoms with Gasteiger partial charge in [0.05, 0.1) is 6.61 Å². The molecule has 3 amide bonds. The molecule has 1 aromatic rings. The molecule has 1 saturated heterocycles. The summed E-state index contributed by atoms with van der Waals surface area (Å²) in [5, 5.41) is 0. The molecule has 0 saturated carbocycles. The summed E-state index contributed by atoms with van der Waals surface area (Å²) in [4.78, 5) is 31.6. The summed E-state index contributed by atoms with van der Waals surface area (Å²) in [5.74, 6) is -0.340. The van der Waals surface area contributed by atoms with Gasteiger partial charge < -0.3 is 4.74 Å². The molecular weight excluding hydrogens is 327 g/mol. The molecule has 0 bridgehead atoms. The highest BCUT2D eigenvalue weighted by Crippen LogP contribution is 2.21. The predicted octanol–water partition coefficient (Wildman–Crippen LogP) is 1.43. The Morgan fingerprint density at radius 1 is 1.20 bits per heavy atom.